The third kappa shape index (κ3) is 3.32. The fourth-order valence-electron chi connectivity index (χ4n) is 1.67. The first-order valence-corrected chi connectivity index (χ1v) is 4.82. The smallest absolute Gasteiger partial charge is 0.0519 e. The highest BCUT2D eigenvalue weighted by atomic mass is 14.9. The van der Waals surface area contributed by atoms with Crippen molar-refractivity contribution in [1.29, 1.82) is 5.41 Å². The molecule has 1 fully saturated rings. The number of nitrogens with one attached hydrogen (secondary N) is 2. The van der Waals surface area contributed by atoms with Gasteiger partial charge in [-0.05, 0) is 12.8 Å². The van der Waals surface area contributed by atoms with Crippen LogP contribution in [0.4, 0.5) is 0 Å². The summed E-state index contributed by atoms with van der Waals surface area (Å²) >= 11 is 0. The topological polar surface area (TPSA) is 61.9 Å². The molecule has 1 saturated carbocycles. The van der Waals surface area contributed by atoms with Gasteiger partial charge in [0, 0.05) is 18.8 Å². The van der Waals surface area contributed by atoms with Gasteiger partial charge < -0.3 is 16.5 Å². The lowest BCUT2D eigenvalue weighted by Gasteiger charge is -2.23. The number of nitrogens with two attached hydrogens (primary N) is 1. The van der Waals surface area contributed by atoms with Gasteiger partial charge in [-0.3, -0.25) is 0 Å². The van der Waals surface area contributed by atoms with E-state index in [1.165, 1.54) is 38.3 Å². The molecule has 1 unspecified atom stereocenters. The van der Waals surface area contributed by atoms with Crippen LogP contribution in [0.15, 0.2) is 0 Å². The van der Waals surface area contributed by atoms with Gasteiger partial charge in [-0.15, -0.1) is 0 Å². The van der Waals surface area contributed by atoms with Gasteiger partial charge >= 0.3 is 0 Å². The molecule has 0 aromatic carbocycles. The maximum atomic E-state index is 6.94. The highest BCUT2D eigenvalue weighted by Crippen LogP contribution is 2.16. The molecule has 0 saturated heterocycles. The molecule has 1 aliphatic carbocycles. The molecule has 3 nitrogen and oxygen atoms in total. The van der Waals surface area contributed by atoms with Crippen molar-refractivity contribution in [2.45, 2.75) is 44.2 Å². The molecule has 4 N–H and O–H groups in total. The standard InChI is InChI=1S/C9H19N3/c10-6-8(11)7-12-9-4-2-1-3-5-9/h6,8-10,12H,1-5,7,11H2. The molecule has 0 radical (unpaired) electrons. The van der Waals surface area contributed by atoms with Crippen molar-refractivity contribution in [3.05, 3.63) is 0 Å². The summed E-state index contributed by atoms with van der Waals surface area (Å²) in [4.78, 5) is 0. The van der Waals surface area contributed by atoms with Crippen LogP contribution in [-0.2, 0) is 0 Å². The molecule has 0 spiro atoms. The minimum Gasteiger partial charge on any atom is -0.322 e. The molecule has 1 atom stereocenters. The number of hydrogen-bond acceptors (Lipinski definition) is 3. The molecule has 1 rings (SSSR count). The maximum absolute atomic E-state index is 6.94. The minimum atomic E-state index is -0.105. The van der Waals surface area contributed by atoms with Crippen molar-refractivity contribution in [1.82, 2.24) is 5.32 Å². The van der Waals surface area contributed by atoms with Crippen molar-refractivity contribution in [3.8, 4) is 0 Å². The lowest BCUT2D eigenvalue weighted by Crippen LogP contribution is -2.41. The average Bonchev–Trinajstić information content (AvgIpc) is 2.16. The molecule has 12 heavy (non-hydrogen) atoms. The molecular formula is C9H19N3. The van der Waals surface area contributed by atoms with Crippen LogP contribution in [-0.4, -0.2) is 24.8 Å². The van der Waals surface area contributed by atoms with Crippen molar-refractivity contribution in [2.75, 3.05) is 6.54 Å². The van der Waals surface area contributed by atoms with E-state index in [0.717, 1.165) is 6.54 Å². The molecular weight excluding hydrogens is 150 g/mol. The van der Waals surface area contributed by atoms with Crippen molar-refractivity contribution >= 4 is 6.21 Å². The largest absolute Gasteiger partial charge is 0.322 e. The molecule has 70 valence electrons. The SMILES string of the molecule is N=CC(N)CNC1CCCCC1. The number of rotatable bonds is 4. The van der Waals surface area contributed by atoms with E-state index in [0.29, 0.717) is 6.04 Å². The third-order valence-electron chi connectivity index (χ3n) is 2.46. The Hall–Kier alpha value is -0.410. The van der Waals surface area contributed by atoms with Crippen LogP contribution in [0.3, 0.4) is 0 Å². The Morgan fingerprint density at radius 1 is 1.42 bits per heavy atom. The third-order valence-corrected chi connectivity index (χ3v) is 2.46. The van der Waals surface area contributed by atoms with Crippen LogP contribution in [0.1, 0.15) is 32.1 Å². The van der Waals surface area contributed by atoms with E-state index >= 15 is 0 Å². The lowest BCUT2D eigenvalue weighted by atomic mass is 9.95. The number of hydrogen-bond donors (Lipinski definition) is 3. The van der Waals surface area contributed by atoms with Crippen LogP contribution in [0.5, 0.6) is 0 Å². The van der Waals surface area contributed by atoms with Crippen LogP contribution in [0.2, 0.25) is 0 Å². The van der Waals surface area contributed by atoms with Crippen LogP contribution in [0.25, 0.3) is 0 Å². The molecule has 1 aliphatic rings. The van der Waals surface area contributed by atoms with Gasteiger partial charge in [0.25, 0.3) is 0 Å². The highest BCUT2D eigenvalue weighted by molar-refractivity contribution is 5.60. The Bertz CT molecular complexity index is 130. The van der Waals surface area contributed by atoms with Gasteiger partial charge in [0.1, 0.15) is 0 Å². The van der Waals surface area contributed by atoms with Gasteiger partial charge in [0.2, 0.25) is 0 Å². The fraction of sp³-hybridized carbons (Fsp3) is 0.889. The molecule has 3 heteroatoms. The van der Waals surface area contributed by atoms with Crippen LogP contribution >= 0.6 is 0 Å². The quantitative estimate of drug-likeness (QED) is 0.547. The second-order valence-electron chi connectivity index (χ2n) is 3.57. The average molecular weight is 169 g/mol. The summed E-state index contributed by atoms with van der Waals surface area (Å²) in [6.07, 6.45) is 7.94. The monoisotopic (exact) mass is 169 g/mol. The fourth-order valence-corrected chi connectivity index (χ4v) is 1.67. The predicted octanol–water partition coefficient (Wildman–Crippen LogP) is 0.886. The van der Waals surface area contributed by atoms with Gasteiger partial charge in [-0.2, -0.15) is 0 Å². The molecule has 0 aromatic rings. The Morgan fingerprint density at radius 2 is 2.08 bits per heavy atom. The van der Waals surface area contributed by atoms with E-state index in [-0.39, 0.29) is 6.04 Å². The zero-order valence-corrected chi connectivity index (χ0v) is 7.55. The van der Waals surface area contributed by atoms with E-state index in [2.05, 4.69) is 5.32 Å². The van der Waals surface area contributed by atoms with Gasteiger partial charge in [-0.1, -0.05) is 19.3 Å². The second kappa shape index (κ2) is 5.27. The lowest BCUT2D eigenvalue weighted by molar-refractivity contribution is 0.373. The highest BCUT2D eigenvalue weighted by Gasteiger charge is 2.12. The zero-order valence-electron chi connectivity index (χ0n) is 7.55. The minimum absolute atomic E-state index is 0.105. The summed E-state index contributed by atoms with van der Waals surface area (Å²) in [7, 11) is 0. The van der Waals surface area contributed by atoms with Crippen molar-refractivity contribution in [3.63, 3.8) is 0 Å². The Morgan fingerprint density at radius 3 is 2.67 bits per heavy atom. The first-order chi connectivity index (χ1) is 5.83. The van der Waals surface area contributed by atoms with Gasteiger partial charge in [0.05, 0.1) is 6.04 Å². The Balaban J connectivity index is 2.08. The van der Waals surface area contributed by atoms with Crippen molar-refractivity contribution in [2.24, 2.45) is 5.73 Å². The summed E-state index contributed by atoms with van der Waals surface area (Å²) < 4.78 is 0. The van der Waals surface area contributed by atoms with E-state index in [1.807, 2.05) is 0 Å². The molecule has 0 bridgehead atoms. The summed E-state index contributed by atoms with van der Waals surface area (Å²) in [6.45, 7) is 0.758. The summed E-state index contributed by atoms with van der Waals surface area (Å²) in [6, 6.07) is 0.552. The molecule has 0 heterocycles. The van der Waals surface area contributed by atoms with Gasteiger partial charge in [-0.25, -0.2) is 0 Å². The summed E-state index contributed by atoms with van der Waals surface area (Å²) in [5.74, 6) is 0. The summed E-state index contributed by atoms with van der Waals surface area (Å²) in [5, 5.41) is 10.3. The van der Waals surface area contributed by atoms with E-state index < -0.39 is 0 Å². The Labute approximate surface area is 74.2 Å². The Kier molecular flexibility index (Phi) is 4.25. The first kappa shape index (κ1) is 9.68. The van der Waals surface area contributed by atoms with Gasteiger partial charge in [0.15, 0.2) is 0 Å². The van der Waals surface area contributed by atoms with E-state index in [9.17, 15) is 0 Å². The zero-order chi connectivity index (χ0) is 8.81. The predicted molar refractivity (Wildman–Crippen MR) is 51.6 cm³/mol. The molecule has 0 amide bonds. The van der Waals surface area contributed by atoms with E-state index in [1.54, 1.807) is 0 Å². The first-order valence-electron chi connectivity index (χ1n) is 4.82. The second-order valence-corrected chi connectivity index (χ2v) is 3.57. The summed E-state index contributed by atoms with van der Waals surface area (Å²) in [5.41, 5.74) is 5.58. The van der Waals surface area contributed by atoms with Crippen LogP contribution < -0.4 is 11.1 Å². The van der Waals surface area contributed by atoms with E-state index in [4.69, 9.17) is 11.1 Å². The normalized spacial score (nSPS) is 22.1. The van der Waals surface area contributed by atoms with Crippen molar-refractivity contribution < 1.29 is 0 Å². The van der Waals surface area contributed by atoms with Crippen LogP contribution in [0, 0.1) is 5.41 Å². The molecule has 0 aromatic heterocycles. The maximum Gasteiger partial charge on any atom is 0.0519 e. The molecule has 0 aliphatic heterocycles.